The van der Waals surface area contributed by atoms with Crippen molar-refractivity contribution < 1.29 is 0 Å². The van der Waals surface area contributed by atoms with Gasteiger partial charge in [-0.1, -0.05) is 174 Å². The molecule has 0 nitrogen and oxygen atoms in total. The van der Waals surface area contributed by atoms with Crippen LogP contribution < -0.4 is 0 Å². The number of rotatable bonds is 28. The SMILES string of the molecule is CCCCCCCCCCCCCCCCCCCCCCCCCCC[CH]SCC. The molecule has 0 saturated carbocycles. The Kier molecular flexibility index (Phi) is 30.7. The van der Waals surface area contributed by atoms with Crippen molar-refractivity contribution in [2.24, 2.45) is 0 Å². The van der Waals surface area contributed by atoms with Gasteiger partial charge in [0, 0.05) is 5.75 Å². The predicted molar refractivity (Wildman–Crippen MR) is 148 cm³/mol. The molecule has 0 amide bonds. The molecular formula is C30H61S. The van der Waals surface area contributed by atoms with E-state index in [4.69, 9.17) is 0 Å². The quantitative estimate of drug-likeness (QED) is 0.106. The van der Waals surface area contributed by atoms with Gasteiger partial charge < -0.3 is 0 Å². The Morgan fingerprint density at radius 2 is 0.613 bits per heavy atom. The Morgan fingerprint density at radius 3 is 0.871 bits per heavy atom. The van der Waals surface area contributed by atoms with Crippen molar-refractivity contribution in [3.63, 3.8) is 0 Å². The van der Waals surface area contributed by atoms with Gasteiger partial charge in [-0.05, 0) is 12.2 Å². The van der Waals surface area contributed by atoms with Crippen LogP contribution in [0, 0.1) is 5.75 Å². The molecule has 0 N–H and O–H groups in total. The Bertz CT molecular complexity index is 260. The molecule has 0 heterocycles. The minimum Gasteiger partial charge on any atom is -0.158 e. The second-order valence-electron chi connectivity index (χ2n) is 9.90. The molecule has 0 aliphatic carbocycles. The summed E-state index contributed by atoms with van der Waals surface area (Å²) in [6, 6.07) is 0. The molecule has 0 aromatic carbocycles. The van der Waals surface area contributed by atoms with Crippen LogP contribution in [0.25, 0.3) is 0 Å². The highest BCUT2D eigenvalue weighted by atomic mass is 32.2. The molecule has 0 aliphatic heterocycles. The number of unbranched alkanes of at least 4 members (excludes halogenated alkanes) is 25. The highest BCUT2D eigenvalue weighted by Crippen LogP contribution is 2.16. The van der Waals surface area contributed by atoms with E-state index in [0.29, 0.717) is 0 Å². The van der Waals surface area contributed by atoms with Crippen molar-refractivity contribution >= 4 is 11.8 Å². The number of thioether (sulfide) groups is 1. The zero-order chi connectivity index (χ0) is 22.5. The largest absolute Gasteiger partial charge is 0.158 e. The smallest absolute Gasteiger partial charge is 0.0166 e. The number of hydrogen-bond donors (Lipinski definition) is 0. The highest BCUT2D eigenvalue weighted by Gasteiger charge is 1.96. The Balaban J connectivity index is 2.98. The van der Waals surface area contributed by atoms with Gasteiger partial charge in [0.05, 0.1) is 0 Å². The monoisotopic (exact) mass is 453 g/mol. The van der Waals surface area contributed by atoms with E-state index in [1.807, 2.05) is 11.8 Å². The first-order valence-electron chi connectivity index (χ1n) is 14.8. The Labute approximate surface area is 203 Å². The van der Waals surface area contributed by atoms with E-state index in [0.717, 1.165) is 0 Å². The van der Waals surface area contributed by atoms with Gasteiger partial charge in [0.2, 0.25) is 0 Å². The van der Waals surface area contributed by atoms with E-state index in [1.165, 1.54) is 173 Å². The predicted octanol–water partition coefficient (Wildman–Crippen LogP) is 12.1. The maximum atomic E-state index is 2.40. The maximum Gasteiger partial charge on any atom is 0.0166 e. The summed E-state index contributed by atoms with van der Waals surface area (Å²) in [4.78, 5) is 0. The van der Waals surface area contributed by atoms with Crippen LogP contribution in [-0.2, 0) is 0 Å². The van der Waals surface area contributed by atoms with Crippen LogP contribution >= 0.6 is 11.8 Å². The summed E-state index contributed by atoms with van der Waals surface area (Å²) in [7, 11) is 0. The second-order valence-corrected chi connectivity index (χ2v) is 11.1. The van der Waals surface area contributed by atoms with Crippen LogP contribution in [0.15, 0.2) is 0 Å². The lowest BCUT2D eigenvalue weighted by Gasteiger charge is -2.04. The number of hydrogen-bond acceptors (Lipinski definition) is 1. The lowest BCUT2D eigenvalue weighted by molar-refractivity contribution is 0.516. The van der Waals surface area contributed by atoms with Crippen LogP contribution in [0.5, 0.6) is 0 Å². The summed E-state index contributed by atoms with van der Waals surface area (Å²) in [6.45, 7) is 4.54. The zero-order valence-corrected chi connectivity index (χ0v) is 22.9. The van der Waals surface area contributed by atoms with E-state index in [1.54, 1.807) is 0 Å². The van der Waals surface area contributed by atoms with Crippen molar-refractivity contribution in [1.29, 1.82) is 0 Å². The van der Waals surface area contributed by atoms with Gasteiger partial charge in [0.1, 0.15) is 0 Å². The molecule has 0 atom stereocenters. The fourth-order valence-corrected chi connectivity index (χ4v) is 5.14. The summed E-state index contributed by atoms with van der Waals surface area (Å²) < 4.78 is 0. The van der Waals surface area contributed by atoms with Crippen molar-refractivity contribution in [3.8, 4) is 0 Å². The highest BCUT2D eigenvalue weighted by molar-refractivity contribution is 8.01. The lowest BCUT2D eigenvalue weighted by Crippen LogP contribution is -1.84. The van der Waals surface area contributed by atoms with Gasteiger partial charge in [0.15, 0.2) is 0 Å². The molecule has 1 radical (unpaired) electrons. The lowest BCUT2D eigenvalue weighted by atomic mass is 10.0. The summed E-state index contributed by atoms with van der Waals surface area (Å²) >= 11 is 1.98. The topological polar surface area (TPSA) is 0 Å². The van der Waals surface area contributed by atoms with Crippen molar-refractivity contribution in [1.82, 2.24) is 0 Å². The summed E-state index contributed by atoms with van der Waals surface area (Å²) in [6.07, 6.45) is 38.2. The second kappa shape index (κ2) is 30.4. The van der Waals surface area contributed by atoms with E-state index < -0.39 is 0 Å². The van der Waals surface area contributed by atoms with E-state index >= 15 is 0 Å². The van der Waals surface area contributed by atoms with Crippen LogP contribution in [0.3, 0.4) is 0 Å². The van der Waals surface area contributed by atoms with Gasteiger partial charge >= 0.3 is 0 Å². The molecule has 0 unspecified atom stereocenters. The molecule has 31 heavy (non-hydrogen) atoms. The van der Waals surface area contributed by atoms with Crippen LogP contribution in [-0.4, -0.2) is 5.75 Å². The van der Waals surface area contributed by atoms with E-state index in [2.05, 4.69) is 19.6 Å². The molecule has 0 aliphatic rings. The average Bonchev–Trinajstić information content (AvgIpc) is 2.78. The first-order chi connectivity index (χ1) is 15.4. The molecule has 0 fully saturated rings. The molecule has 0 rings (SSSR count). The molecule has 187 valence electrons. The molecular weight excluding hydrogens is 392 g/mol. The van der Waals surface area contributed by atoms with Gasteiger partial charge in [-0.15, -0.1) is 0 Å². The summed E-state index contributed by atoms with van der Waals surface area (Å²) in [5.41, 5.74) is 0. The molecule has 0 aromatic rings. The fourth-order valence-electron chi connectivity index (χ4n) is 4.57. The van der Waals surface area contributed by atoms with Crippen molar-refractivity contribution in [2.75, 3.05) is 5.75 Å². The van der Waals surface area contributed by atoms with Crippen LogP contribution in [0.1, 0.15) is 181 Å². The zero-order valence-electron chi connectivity index (χ0n) is 22.1. The average molecular weight is 454 g/mol. The maximum absolute atomic E-state index is 2.40. The Morgan fingerprint density at radius 1 is 0.355 bits per heavy atom. The normalized spacial score (nSPS) is 11.4. The van der Waals surface area contributed by atoms with Gasteiger partial charge in [-0.25, -0.2) is 0 Å². The third-order valence-electron chi connectivity index (χ3n) is 6.71. The third kappa shape index (κ3) is 30.4. The molecule has 1 heteroatoms. The van der Waals surface area contributed by atoms with E-state index in [-0.39, 0.29) is 0 Å². The van der Waals surface area contributed by atoms with Crippen molar-refractivity contribution in [3.05, 3.63) is 5.75 Å². The molecule has 0 saturated heterocycles. The van der Waals surface area contributed by atoms with Crippen LogP contribution in [0.4, 0.5) is 0 Å². The summed E-state index contributed by atoms with van der Waals surface area (Å²) in [5.74, 6) is 3.64. The standard InChI is InChI=1S/C30H61S/c1-3-5-6-7-8-9-10-11-12-13-14-15-16-17-18-19-20-21-22-23-24-25-26-27-28-29-30-31-4-2/h30H,3-29H2,1-2H3. The van der Waals surface area contributed by atoms with Gasteiger partial charge in [-0.2, -0.15) is 11.8 Å². The van der Waals surface area contributed by atoms with Gasteiger partial charge in [-0.3, -0.25) is 0 Å². The van der Waals surface area contributed by atoms with Gasteiger partial charge in [0.25, 0.3) is 0 Å². The first kappa shape index (κ1) is 31.4. The summed E-state index contributed by atoms with van der Waals surface area (Å²) in [5, 5.41) is 0. The Hall–Kier alpha value is 0.350. The third-order valence-corrected chi connectivity index (χ3v) is 7.51. The van der Waals surface area contributed by atoms with E-state index in [9.17, 15) is 0 Å². The fraction of sp³-hybridized carbons (Fsp3) is 0.967. The first-order valence-corrected chi connectivity index (χ1v) is 15.9. The van der Waals surface area contributed by atoms with Crippen LogP contribution in [0.2, 0.25) is 0 Å². The molecule has 0 aromatic heterocycles. The molecule has 0 bridgehead atoms. The molecule has 0 spiro atoms. The minimum absolute atomic E-state index is 1.24. The minimum atomic E-state index is 1.24. The van der Waals surface area contributed by atoms with Crippen molar-refractivity contribution in [2.45, 2.75) is 181 Å².